The Labute approximate surface area is 88.2 Å². The van der Waals surface area contributed by atoms with Crippen molar-refractivity contribution in [1.82, 2.24) is 4.98 Å². The highest BCUT2D eigenvalue weighted by Crippen LogP contribution is 2.22. The molecule has 76 valence electrons. The lowest BCUT2D eigenvalue weighted by atomic mass is 10.1. The molecule has 0 fully saturated rings. The summed E-state index contributed by atoms with van der Waals surface area (Å²) in [7, 11) is 0. The minimum Gasteiger partial charge on any atom is -0.392 e. The lowest BCUT2D eigenvalue weighted by Crippen LogP contribution is -1.97. The third-order valence-corrected chi connectivity index (χ3v) is 2.22. The van der Waals surface area contributed by atoms with Gasteiger partial charge in [0.15, 0.2) is 0 Å². The molecule has 0 amide bonds. The zero-order chi connectivity index (χ0) is 10.7. The Morgan fingerprint density at radius 3 is 2.47 bits per heavy atom. The van der Waals surface area contributed by atoms with Gasteiger partial charge < -0.3 is 10.8 Å². The van der Waals surface area contributed by atoms with E-state index in [1.807, 2.05) is 30.3 Å². The molecule has 0 aliphatic rings. The molecule has 0 bridgehead atoms. The molecule has 0 radical (unpaired) electrons. The summed E-state index contributed by atoms with van der Waals surface area (Å²) in [5, 5.41) is 9.19. The van der Waals surface area contributed by atoms with Crippen LogP contribution in [0.2, 0.25) is 0 Å². The molecule has 1 aromatic carbocycles. The van der Waals surface area contributed by atoms with Gasteiger partial charge in [-0.3, -0.25) is 0 Å². The second-order valence-corrected chi connectivity index (χ2v) is 3.27. The van der Waals surface area contributed by atoms with E-state index in [0.29, 0.717) is 5.82 Å². The van der Waals surface area contributed by atoms with E-state index in [4.69, 9.17) is 5.73 Å². The largest absolute Gasteiger partial charge is 0.392 e. The predicted molar refractivity (Wildman–Crippen MR) is 60.0 cm³/mol. The second kappa shape index (κ2) is 4.11. The summed E-state index contributed by atoms with van der Waals surface area (Å²) in [4.78, 5) is 4.23. The zero-order valence-electron chi connectivity index (χ0n) is 8.22. The molecule has 3 N–H and O–H groups in total. The van der Waals surface area contributed by atoms with Crippen molar-refractivity contribution in [3.63, 3.8) is 0 Å². The van der Waals surface area contributed by atoms with Crippen LogP contribution < -0.4 is 5.73 Å². The molecule has 15 heavy (non-hydrogen) atoms. The molecule has 3 heteroatoms. The number of aliphatic hydroxyl groups is 1. The van der Waals surface area contributed by atoms with Crippen LogP contribution >= 0.6 is 0 Å². The van der Waals surface area contributed by atoms with Crippen molar-refractivity contribution in [1.29, 1.82) is 0 Å². The second-order valence-electron chi connectivity index (χ2n) is 3.27. The molecule has 1 heterocycles. The SMILES string of the molecule is Nc1ccc(CO)c(-c2ccccc2)n1. The van der Waals surface area contributed by atoms with Crippen LogP contribution in [0, 0.1) is 0 Å². The maximum atomic E-state index is 9.19. The van der Waals surface area contributed by atoms with Gasteiger partial charge in [0.05, 0.1) is 12.3 Å². The van der Waals surface area contributed by atoms with E-state index in [9.17, 15) is 5.11 Å². The molecule has 2 aromatic rings. The fourth-order valence-electron chi connectivity index (χ4n) is 1.48. The molecule has 0 saturated heterocycles. The molecule has 0 atom stereocenters. The first-order valence-electron chi connectivity index (χ1n) is 4.73. The fraction of sp³-hybridized carbons (Fsp3) is 0.0833. The van der Waals surface area contributed by atoms with Gasteiger partial charge >= 0.3 is 0 Å². The average Bonchev–Trinajstić information content (AvgIpc) is 2.30. The number of nitrogens with zero attached hydrogens (tertiary/aromatic N) is 1. The number of anilines is 1. The van der Waals surface area contributed by atoms with Gasteiger partial charge in [0, 0.05) is 11.1 Å². The van der Waals surface area contributed by atoms with Gasteiger partial charge in [-0.05, 0) is 6.07 Å². The highest BCUT2D eigenvalue weighted by molar-refractivity contribution is 5.64. The van der Waals surface area contributed by atoms with Crippen LogP contribution in [0.5, 0.6) is 0 Å². The van der Waals surface area contributed by atoms with Crippen LogP contribution in [0.4, 0.5) is 5.82 Å². The van der Waals surface area contributed by atoms with Gasteiger partial charge in [0.25, 0.3) is 0 Å². The first-order valence-corrected chi connectivity index (χ1v) is 4.73. The first-order chi connectivity index (χ1) is 7.31. The Balaban J connectivity index is 2.56. The molecule has 3 nitrogen and oxygen atoms in total. The molecule has 0 unspecified atom stereocenters. The summed E-state index contributed by atoms with van der Waals surface area (Å²) in [6, 6.07) is 13.2. The van der Waals surface area contributed by atoms with E-state index < -0.39 is 0 Å². The van der Waals surface area contributed by atoms with E-state index in [1.165, 1.54) is 0 Å². The molecule has 0 aliphatic heterocycles. The Hall–Kier alpha value is -1.87. The molecular weight excluding hydrogens is 188 g/mol. The molecule has 0 saturated carbocycles. The van der Waals surface area contributed by atoms with Gasteiger partial charge in [-0.15, -0.1) is 0 Å². The summed E-state index contributed by atoms with van der Waals surface area (Å²) in [6.45, 7) is -0.0303. The summed E-state index contributed by atoms with van der Waals surface area (Å²) in [5.74, 6) is 0.464. The van der Waals surface area contributed by atoms with Gasteiger partial charge in [0.1, 0.15) is 5.82 Å². The van der Waals surface area contributed by atoms with Gasteiger partial charge in [-0.1, -0.05) is 36.4 Å². The van der Waals surface area contributed by atoms with Gasteiger partial charge in [-0.2, -0.15) is 0 Å². The van der Waals surface area contributed by atoms with Crippen molar-refractivity contribution in [3.8, 4) is 11.3 Å². The minimum atomic E-state index is -0.0303. The topological polar surface area (TPSA) is 59.1 Å². The third-order valence-electron chi connectivity index (χ3n) is 2.22. The number of hydrogen-bond acceptors (Lipinski definition) is 3. The van der Waals surface area contributed by atoms with Crippen LogP contribution in [-0.4, -0.2) is 10.1 Å². The zero-order valence-corrected chi connectivity index (χ0v) is 8.22. The average molecular weight is 200 g/mol. The number of pyridine rings is 1. The van der Waals surface area contributed by atoms with Crippen molar-refractivity contribution in [2.24, 2.45) is 0 Å². The predicted octanol–water partition coefficient (Wildman–Crippen LogP) is 1.82. The van der Waals surface area contributed by atoms with E-state index in [2.05, 4.69) is 4.98 Å². The number of nitrogens with two attached hydrogens (primary N) is 1. The van der Waals surface area contributed by atoms with Crippen molar-refractivity contribution < 1.29 is 5.11 Å². The lowest BCUT2D eigenvalue weighted by molar-refractivity contribution is 0.282. The number of nitrogen functional groups attached to an aromatic ring is 1. The maximum Gasteiger partial charge on any atom is 0.124 e. The fourth-order valence-corrected chi connectivity index (χ4v) is 1.48. The Kier molecular flexibility index (Phi) is 2.65. The summed E-state index contributed by atoms with van der Waals surface area (Å²) >= 11 is 0. The summed E-state index contributed by atoms with van der Waals surface area (Å²) in [6.07, 6.45) is 0. The van der Waals surface area contributed by atoms with E-state index in [-0.39, 0.29) is 6.61 Å². The minimum absolute atomic E-state index is 0.0303. The van der Waals surface area contributed by atoms with E-state index >= 15 is 0 Å². The summed E-state index contributed by atoms with van der Waals surface area (Å²) < 4.78 is 0. The Morgan fingerprint density at radius 2 is 1.80 bits per heavy atom. The number of hydrogen-bond donors (Lipinski definition) is 2. The smallest absolute Gasteiger partial charge is 0.124 e. The van der Waals surface area contributed by atoms with Crippen molar-refractivity contribution in [3.05, 3.63) is 48.0 Å². The molecule has 0 aliphatic carbocycles. The quantitative estimate of drug-likeness (QED) is 0.777. The van der Waals surface area contributed by atoms with Crippen LogP contribution in [0.1, 0.15) is 5.56 Å². The molecule has 1 aromatic heterocycles. The first kappa shape index (κ1) is 9.68. The van der Waals surface area contributed by atoms with Crippen LogP contribution in [-0.2, 0) is 6.61 Å². The number of aromatic nitrogens is 1. The summed E-state index contributed by atoms with van der Waals surface area (Å²) in [5.41, 5.74) is 8.13. The Morgan fingerprint density at radius 1 is 1.07 bits per heavy atom. The van der Waals surface area contributed by atoms with Gasteiger partial charge in [0.2, 0.25) is 0 Å². The molecular formula is C12H12N2O. The molecule has 2 rings (SSSR count). The van der Waals surface area contributed by atoms with Crippen LogP contribution in [0.3, 0.4) is 0 Å². The van der Waals surface area contributed by atoms with Crippen molar-refractivity contribution in [2.45, 2.75) is 6.61 Å². The lowest BCUT2D eigenvalue weighted by Gasteiger charge is -2.07. The number of benzene rings is 1. The maximum absolute atomic E-state index is 9.19. The number of aliphatic hydroxyl groups excluding tert-OH is 1. The van der Waals surface area contributed by atoms with Crippen molar-refractivity contribution in [2.75, 3.05) is 5.73 Å². The van der Waals surface area contributed by atoms with Gasteiger partial charge in [-0.25, -0.2) is 4.98 Å². The molecule has 0 spiro atoms. The van der Waals surface area contributed by atoms with E-state index in [1.54, 1.807) is 12.1 Å². The van der Waals surface area contributed by atoms with E-state index in [0.717, 1.165) is 16.8 Å². The standard InChI is InChI=1S/C12H12N2O/c13-11-7-6-10(8-15)12(14-11)9-4-2-1-3-5-9/h1-7,15H,8H2,(H2,13,14). The number of rotatable bonds is 2. The highest BCUT2D eigenvalue weighted by atomic mass is 16.3. The monoisotopic (exact) mass is 200 g/mol. The van der Waals surface area contributed by atoms with Crippen molar-refractivity contribution >= 4 is 5.82 Å². The van der Waals surface area contributed by atoms with Crippen LogP contribution in [0.15, 0.2) is 42.5 Å². The third kappa shape index (κ3) is 1.97. The Bertz CT molecular complexity index is 454. The highest BCUT2D eigenvalue weighted by Gasteiger charge is 2.05. The van der Waals surface area contributed by atoms with Crippen LogP contribution in [0.25, 0.3) is 11.3 Å². The normalized spacial score (nSPS) is 10.2.